The number of carbonyl (C=O) groups is 1. The Balaban J connectivity index is 0. The molecular formula is C5H9LiO4. The summed E-state index contributed by atoms with van der Waals surface area (Å²) >= 11 is 0. The number of aliphatic carboxylic acids is 1. The first kappa shape index (κ1) is 12.6. The van der Waals surface area contributed by atoms with Crippen LogP contribution in [0.15, 0.2) is 0 Å². The molecule has 0 radical (unpaired) electrons. The molecule has 0 spiro atoms. The van der Waals surface area contributed by atoms with Crippen molar-refractivity contribution in [2.24, 2.45) is 0 Å². The van der Waals surface area contributed by atoms with Crippen molar-refractivity contribution in [2.75, 3.05) is 26.9 Å². The van der Waals surface area contributed by atoms with Crippen molar-refractivity contribution in [3.8, 4) is 0 Å². The zero-order chi connectivity index (χ0) is 7.11. The molecule has 0 N–H and O–H groups in total. The van der Waals surface area contributed by atoms with Gasteiger partial charge in [0.2, 0.25) is 0 Å². The normalized spacial score (nSPS) is 8.50. The van der Waals surface area contributed by atoms with E-state index in [1.807, 2.05) is 0 Å². The van der Waals surface area contributed by atoms with Gasteiger partial charge in [0.25, 0.3) is 0 Å². The van der Waals surface area contributed by atoms with Gasteiger partial charge in [0.05, 0.1) is 25.8 Å². The molecular weight excluding hydrogens is 131 g/mol. The fraction of sp³-hybridized carbons (Fsp3) is 0.800. The van der Waals surface area contributed by atoms with Gasteiger partial charge in [-0.1, -0.05) is 0 Å². The van der Waals surface area contributed by atoms with Crippen LogP contribution < -0.4 is 24.0 Å². The number of hydrogen-bond acceptors (Lipinski definition) is 4. The number of ether oxygens (including phenoxy) is 2. The van der Waals surface area contributed by atoms with Gasteiger partial charge in [0.15, 0.2) is 0 Å². The minimum absolute atomic E-state index is 0. The average Bonchev–Trinajstić information content (AvgIpc) is 1.80. The molecule has 4 nitrogen and oxygen atoms in total. The van der Waals surface area contributed by atoms with Crippen LogP contribution in [-0.2, 0) is 14.3 Å². The van der Waals surface area contributed by atoms with Crippen LogP contribution in [0.4, 0.5) is 0 Å². The molecule has 0 aliphatic heterocycles. The van der Waals surface area contributed by atoms with Crippen LogP contribution in [0.1, 0.15) is 0 Å². The van der Waals surface area contributed by atoms with Gasteiger partial charge >= 0.3 is 18.9 Å². The van der Waals surface area contributed by atoms with E-state index in [1.165, 1.54) is 7.11 Å². The van der Waals surface area contributed by atoms with Crippen LogP contribution in [0, 0.1) is 0 Å². The molecule has 0 atom stereocenters. The van der Waals surface area contributed by atoms with E-state index in [2.05, 4.69) is 9.47 Å². The molecule has 0 aliphatic carbocycles. The molecule has 0 aliphatic rings. The third-order valence-electron chi connectivity index (χ3n) is 0.652. The van der Waals surface area contributed by atoms with Gasteiger partial charge in [0.1, 0.15) is 0 Å². The van der Waals surface area contributed by atoms with Crippen molar-refractivity contribution >= 4 is 5.97 Å². The second kappa shape index (κ2) is 8.99. The number of carboxylic acids is 1. The van der Waals surface area contributed by atoms with Crippen LogP contribution in [0.2, 0.25) is 0 Å². The maximum atomic E-state index is 9.69. The van der Waals surface area contributed by atoms with Crippen LogP contribution >= 0.6 is 0 Å². The van der Waals surface area contributed by atoms with E-state index in [0.29, 0.717) is 13.2 Å². The Hall–Kier alpha value is -0.0126. The van der Waals surface area contributed by atoms with Gasteiger partial charge in [-0.3, -0.25) is 0 Å². The zero-order valence-corrected chi connectivity index (χ0v) is 6.25. The van der Waals surface area contributed by atoms with Gasteiger partial charge in [-0.05, 0) is 0 Å². The van der Waals surface area contributed by atoms with Crippen molar-refractivity contribution in [1.82, 2.24) is 0 Å². The second-order valence-electron chi connectivity index (χ2n) is 1.42. The number of carbonyl (C=O) groups excluding carboxylic acids is 1. The predicted molar refractivity (Wildman–Crippen MR) is 27.7 cm³/mol. The molecule has 5 heteroatoms. The zero-order valence-electron chi connectivity index (χ0n) is 6.25. The largest absolute Gasteiger partial charge is 1.00 e. The molecule has 0 unspecified atom stereocenters. The van der Waals surface area contributed by atoms with E-state index in [1.54, 1.807) is 0 Å². The van der Waals surface area contributed by atoms with Crippen LogP contribution in [0.25, 0.3) is 0 Å². The molecule has 0 fully saturated rings. The van der Waals surface area contributed by atoms with E-state index in [-0.39, 0.29) is 25.5 Å². The Morgan fingerprint density at radius 2 is 2.10 bits per heavy atom. The summed E-state index contributed by atoms with van der Waals surface area (Å²) in [6.07, 6.45) is 0. The molecule has 0 aromatic heterocycles. The minimum Gasteiger partial charge on any atom is -0.548 e. The molecule has 54 valence electrons. The van der Waals surface area contributed by atoms with Crippen molar-refractivity contribution in [3.05, 3.63) is 0 Å². The van der Waals surface area contributed by atoms with Gasteiger partial charge < -0.3 is 19.4 Å². The average molecular weight is 140 g/mol. The topological polar surface area (TPSA) is 58.6 Å². The first-order valence-electron chi connectivity index (χ1n) is 2.54. The standard InChI is InChI=1S/C5H10O4.Li/c1-8-2-3-9-4-5(6)7;/h2-4H2,1H3,(H,6,7);/q;+1/p-1. The maximum Gasteiger partial charge on any atom is 1.00 e. The summed E-state index contributed by atoms with van der Waals surface area (Å²) < 4.78 is 9.13. The smallest absolute Gasteiger partial charge is 0.548 e. The van der Waals surface area contributed by atoms with Crippen LogP contribution in [-0.4, -0.2) is 32.9 Å². The fourth-order valence-electron chi connectivity index (χ4n) is 0.298. The predicted octanol–water partition coefficient (Wildman–Crippen LogP) is -4.60. The second-order valence-corrected chi connectivity index (χ2v) is 1.42. The van der Waals surface area contributed by atoms with E-state index in [0.717, 1.165) is 0 Å². The minimum atomic E-state index is -1.20. The quantitative estimate of drug-likeness (QED) is 0.285. The van der Waals surface area contributed by atoms with Gasteiger partial charge in [-0.15, -0.1) is 0 Å². The van der Waals surface area contributed by atoms with Crippen molar-refractivity contribution in [1.29, 1.82) is 0 Å². The Labute approximate surface area is 71.7 Å². The van der Waals surface area contributed by atoms with Gasteiger partial charge in [-0.2, -0.15) is 0 Å². The van der Waals surface area contributed by atoms with E-state index in [4.69, 9.17) is 0 Å². The third kappa shape index (κ3) is 10.9. The van der Waals surface area contributed by atoms with E-state index >= 15 is 0 Å². The van der Waals surface area contributed by atoms with Gasteiger partial charge in [0, 0.05) is 7.11 Å². The van der Waals surface area contributed by atoms with Crippen LogP contribution in [0.5, 0.6) is 0 Å². The molecule has 0 amide bonds. The summed E-state index contributed by atoms with van der Waals surface area (Å²) in [4.78, 5) is 9.69. The SMILES string of the molecule is COCCOCC(=O)[O-].[Li+]. The molecule has 0 aromatic carbocycles. The summed E-state index contributed by atoms with van der Waals surface area (Å²) in [5.41, 5.74) is 0. The van der Waals surface area contributed by atoms with E-state index < -0.39 is 5.97 Å². The molecule has 0 heterocycles. The first-order chi connectivity index (χ1) is 4.27. The number of hydrogen-bond donors (Lipinski definition) is 0. The summed E-state index contributed by atoms with van der Waals surface area (Å²) in [5, 5.41) is 9.69. The maximum absolute atomic E-state index is 9.69. The summed E-state index contributed by atoms with van der Waals surface area (Å²) in [7, 11) is 1.52. The Morgan fingerprint density at radius 1 is 1.50 bits per heavy atom. The summed E-state index contributed by atoms with van der Waals surface area (Å²) in [5.74, 6) is -1.20. The van der Waals surface area contributed by atoms with E-state index in [9.17, 15) is 9.90 Å². The van der Waals surface area contributed by atoms with Crippen molar-refractivity contribution in [2.45, 2.75) is 0 Å². The molecule has 0 bridgehead atoms. The fourth-order valence-corrected chi connectivity index (χ4v) is 0.298. The molecule has 0 aromatic rings. The van der Waals surface area contributed by atoms with Crippen molar-refractivity contribution < 1.29 is 38.2 Å². The molecule has 0 saturated carbocycles. The Morgan fingerprint density at radius 3 is 2.50 bits per heavy atom. The third-order valence-corrected chi connectivity index (χ3v) is 0.652. The molecule has 10 heavy (non-hydrogen) atoms. The van der Waals surface area contributed by atoms with Crippen LogP contribution in [0.3, 0.4) is 0 Å². The molecule has 0 saturated heterocycles. The Kier molecular flexibility index (Phi) is 11.4. The van der Waals surface area contributed by atoms with Gasteiger partial charge in [-0.25, -0.2) is 0 Å². The Bertz CT molecular complexity index is 85.7. The number of carboxylic acid groups (broad SMARTS) is 1. The monoisotopic (exact) mass is 140 g/mol. The van der Waals surface area contributed by atoms with Crippen molar-refractivity contribution in [3.63, 3.8) is 0 Å². The number of methoxy groups -OCH3 is 1. The first-order valence-corrected chi connectivity index (χ1v) is 2.54. The summed E-state index contributed by atoms with van der Waals surface area (Å²) in [6.45, 7) is 0.348. The summed E-state index contributed by atoms with van der Waals surface area (Å²) in [6, 6.07) is 0. The molecule has 0 rings (SSSR count). The number of rotatable bonds is 5.